The highest BCUT2D eigenvalue weighted by molar-refractivity contribution is 8.09. The fourth-order valence-corrected chi connectivity index (χ4v) is 5.56. The SMILES string of the molecule is CP(=O)(Cl)N=P(O)(Cl)Cl. The molecule has 0 rings (SSSR count). The molecule has 0 aromatic heterocycles. The molecule has 0 radical (unpaired) electrons. The molecular formula is CH4Cl3NO2P2. The van der Waals surface area contributed by atoms with Gasteiger partial charge in [-0.25, -0.2) is 0 Å². The maximum Gasteiger partial charge on any atom is 0.275 e. The zero-order valence-corrected chi connectivity index (χ0v) is 8.39. The first-order valence-electron chi connectivity index (χ1n) is 1.74. The summed E-state index contributed by atoms with van der Waals surface area (Å²) in [6.45, 7) is -2.01. The second-order valence-corrected chi connectivity index (χ2v) is 9.73. The lowest BCUT2D eigenvalue weighted by molar-refractivity contribution is 0.588. The largest absolute Gasteiger partial charge is 0.337 e. The van der Waals surface area contributed by atoms with Crippen molar-refractivity contribution in [2.45, 2.75) is 0 Å². The van der Waals surface area contributed by atoms with Crippen molar-refractivity contribution in [1.29, 1.82) is 0 Å². The van der Waals surface area contributed by atoms with Crippen molar-refractivity contribution >= 4 is 46.4 Å². The van der Waals surface area contributed by atoms with Gasteiger partial charge in [0.1, 0.15) is 0 Å². The van der Waals surface area contributed by atoms with Crippen molar-refractivity contribution in [3.05, 3.63) is 0 Å². The Morgan fingerprint density at radius 2 is 1.78 bits per heavy atom. The van der Waals surface area contributed by atoms with Gasteiger partial charge in [0, 0.05) is 6.66 Å². The van der Waals surface area contributed by atoms with Crippen molar-refractivity contribution in [2.75, 3.05) is 6.66 Å². The van der Waals surface area contributed by atoms with Crippen LogP contribution < -0.4 is 0 Å². The molecule has 0 fully saturated rings. The maximum absolute atomic E-state index is 10.5. The number of nitrogens with zero attached hydrogens (tertiary/aromatic N) is 1. The molecule has 1 atom stereocenters. The van der Waals surface area contributed by atoms with E-state index in [2.05, 4.69) is 4.52 Å². The van der Waals surface area contributed by atoms with Crippen molar-refractivity contribution in [2.24, 2.45) is 4.52 Å². The Kier molecular flexibility index (Phi) is 3.57. The van der Waals surface area contributed by atoms with Crippen molar-refractivity contribution in [1.82, 2.24) is 0 Å². The van der Waals surface area contributed by atoms with Gasteiger partial charge in [0.05, 0.1) is 0 Å². The van der Waals surface area contributed by atoms with Crippen LogP contribution >= 0.6 is 46.4 Å². The van der Waals surface area contributed by atoms with Gasteiger partial charge in [-0.3, -0.25) is 4.57 Å². The molecule has 0 bridgehead atoms. The maximum atomic E-state index is 10.5. The summed E-state index contributed by atoms with van der Waals surface area (Å²) in [5.74, 6) is -3.36. The molecule has 0 saturated heterocycles. The Labute approximate surface area is 67.2 Å². The summed E-state index contributed by atoms with van der Waals surface area (Å²) in [5, 5.41) is 0. The van der Waals surface area contributed by atoms with Crippen LogP contribution in [0.15, 0.2) is 4.52 Å². The predicted molar refractivity (Wildman–Crippen MR) is 42.7 cm³/mol. The van der Waals surface area contributed by atoms with Crippen molar-refractivity contribution in [3.63, 3.8) is 0 Å². The number of hydrogen-bond donors (Lipinski definition) is 1. The van der Waals surface area contributed by atoms with Crippen LogP contribution in [0.25, 0.3) is 0 Å². The number of hydrogen-bond acceptors (Lipinski definition) is 1. The normalized spacial score (nSPS) is 18.8. The Bertz CT molecular complexity index is 182. The van der Waals surface area contributed by atoms with Crippen molar-refractivity contribution < 1.29 is 9.46 Å². The average molecular weight is 230 g/mol. The van der Waals surface area contributed by atoms with Crippen LogP contribution in [0.3, 0.4) is 0 Å². The third-order valence-corrected chi connectivity index (χ3v) is 4.23. The minimum absolute atomic E-state index is 1.14. The zero-order chi connectivity index (χ0) is 7.71. The van der Waals surface area contributed by atoms with E-state index >= 15 is 0 Å². The van der Waals surface area contributed by atoms with E-state index in [0.717, 1.165) is 6.66 Å². The molecule has 0 aromatic rings. The van der Waals surface area contributed by atoms with E-state index in [0.29, 0.717) is 0 Å². The molecule has 1 N–H and O–H groups in total. The van der Waals surface area contributed by atoms with Crippen LogP contribution in [0.1, 0.15) is 0 Å². The van der Waals surface area contributed by atoms with Crippen LogP contribution in [0, 0.1) is 0 Å². The van der Waals surface area contributed by atoms with Gasteiger partial charge in [-0.05, 0) is 33.7 Å². The lowest BCUT2D eigenvalue weighted by Crippen LogP contribution is -1.57. The lowest BCUT2D eigenvalue weighted by Gasteiger charge is -1.99. The van der Waals surface area contributed by atoms with Crippen LogP contribution in [-0.2, 0) is 4.57 Å². The smallest absolute Gasteiger partial charge is 0.275 e. The first-order valence-corrected chi connectivity index (χ1v) is 8.25. The molecule has 0 aliphatic rings. The summed E-state index contributed by atoms with van der Waals surface area (Å²) in [6, 6.07) is 0. The third kappa shape index (κ3) is 9.29. The molecule has 9 heavy (non-hydrogen) atoms. The summed E-state index contributed by atoms with van der Waals surface area (Å²) in [7, 11) is 0. The second-order valence-electron chi connectivity index (χ2n) is 1.32. The van der Waals surface area contributed by atoms with Crippen LogP contribution in [0.2, 0.25) is 0 Å². The molecular weight excluding hydrogens is 226 g/mol. The first-order chi connectivity index (χ1) is 3.71. The van der Waals surface area contributed by atoms with E-state index in [1.807, 2.05) is 0 Å². The van der Waals surface area contributed by atoms with E-state index in [4.69, 9.17) is 38.6 Å². The monoisotopic (exact) mass is 229 g/mol. The van der Waals surface area contributed by atoms with Gasteiger partial charge in [-0.15, -0.1) is 0 Å². The van der Waals surface area contributed by atoms with E-state index < -0.39 is 12.6 Å². The van der Waals surface area contributed by atoms with Gasteiger partial charge in [0.15, 0.2) is 0 Å². The van der Waals surface area contributed by atoms with Gasteiger partial charge in [0.25, 0.3) is 12.6 Å². The summed E-state index contributed by atoms with van der Waals surface area (Å²) >= 11 is 15.2. The summed E-state index contributed by atoms with van der Waals surface area (Å²) in [5.41, 5.74) is 0. The highest BCUT2D eigenvalue weighted by Gasteiger charge is 2.14. The predicted octanol–water partition coefficient (Wildman–Crippen LogP) is 3.46. The molecule has 0 aromatic carbocycles. The first kappa shape index (κ1) is 10.3. The van der Waals surface area contributed by atoms with Gasteiger partial charge >= 0.3 is 0 Å². The van der Waals surface area contributed by atoms with E-state index in [1.54, 1.807) is 0 Å². The topological polar surface area (TPSA) is 49.7 Å². The van der Waals surface area contributed by atoms with E-state index in [9.17, 15) is 4.57 Å². The number of rotatable bonds is 1. The molecule has 56 valence electrons. The third-order valence-electron chi connectivity index (χ3n) is 0.267. The quantitative estimate of drug-likeness (QED) is 0.701. The van der Waals surface area contributed by atoms with E-state index in [-0.39, 0.29) is 0 Å². The van der Waals surface area contributed by atoms with Crippen molar-refractivity contribution in [3.8, 4) is 0 Å². The molecule has 0 aliphatic carbocycles. The fourth-order valence-electron chi connectivity index (χ4n) is 0.192. The molecule has 1 unspecified atom stereocenters. The summed E-state index contributed by atoms with van der Waals surface area (Å²) in [4.78, 5) is 8.57. The minimum Gasteiger partial charge on any atom is -0.337 e. The van der Waals surface area contributed by atoms with Gasteiger partial charge < -0.3 is 4.89 Å². The zero-order valence-electron chi connectivity index (χ0n) is 4.33. The Morgan fingerprint density at radius 1 is 1.44 bits per heavy atom. The lowest BCUT2D eigenvalue weighted by atomic mass is 12.0. The Hall–Kier alpha value is 1.29. The molecule has 0 aliphatic heterocycles. The molecule has 0 saturated carbocycles. The second kappa shape index (κ2) is 3.13. The Morgan fingerprint density at radius 3 is 1.78 bits per heavy atom. The van der Waals surface area contributed by atoms with Gasteiger partial charge in [-0.1, -0.05) is 0 Å². The fraction of sp³-hybridized carbons (Fsp3) is 1.00. The molecule has 3 nitrogen and oxygen atoms in total. The van der Waals surface area contributed by atoms with Gasteiger partial charge in [-0.2, -0.15) is 4.52 Å². The number of halogens is 3. The average Bonchev–Trinajstić information content (AvgIpc) is 1.14. The van der Waals surface area contributed by atoms with Crippen LogP contribution in [0.5, 0.6) is 0 Å². The van der Waals surface area contributed by atoms with E-state index in [1.165, 1.54) is 0 Å². The van der Waals surface area contributed by atoms with Gasteiger partial charge in [0.2, 0.25) is 0 Å². The summed E-state index contributed by atoms with van der Waals surface area (Å²) < 4.78 is 13.6. The minimum atomic E-state index is -3.36. The molecule has 0 heterocycles. The van der Waals surface area contributed by atoms with Crippen LogP contribution in [0.4, 0.5) is 0 Å². The van der Waals surface area contributed by atoms with Crippen LogP contribution in [-0.4, -0.2) is 11.6 Å². The standard InChI is InChI=1S/CH4Cl3NO2P2/c1-8(2,6)5-9(3,4)7/h7H,1H3. The molecule has 8 heteroatoms. The summed E-state index contributed by atoms with van der Waals surface area (Å²) in [6.07, 6.45) is 0. The molecule has 0 amide bonds. The Balaban J connectivity index is 4.53. The highest BCUT2D eigenvalue weighted by Crippen LogP contribution is 2.66. The highest BCUT2D eigenvalue weighted by atomic mass is 35.9. The molecule has 0 spiro atoms.